The number of ether oxygens (including phenoxy) is 1. The topological polar surface area (TPSA) is 13.1 Å². The van der Waals surface area contributed by atoms with Crippen molar-refractivity contribution in [1.29, 1.82) is 0 Å². The molecule has 0 radical (unpaired) electrons. The van der Waals surface area contributed by atoms with Crippen molar-refractivity contribution in [3.63, 3.8) is 0 Å². The van der Waals surface area contributed by atoms with Gasteiger partial charge in [0.1, 0.15) is 7.05 Å². The minimum Gasteiger partial charge on any atom is -0.381 e. The van der Waals surface area contributed by atoms with Crippen molar-refractivity contribution in [2.75, 3.05) is 13.2 Å². The summed E-state index contributed by atoms with van der Waals surface area (Å²) < 4.78 is 7.82. The molecule has 2 aromatic rings. The molecule has 0 bridgehead atoms. The van der Waals surface area contributed by atoms with Gasteiger partial charge in [-0.2, -0.15) is 0 Å². The molecule has 3 rings (SSSR count). The smallest absolute Gasteiger partial charge is 0.212 e. The third kappa shape index (κ3) is 3.64. The molecular formula is C23H32NO+. The van der Waals surface area contributed by atoms with Crippen LogP contribution in [0.15, 0.2) is 36.5 Å². The number of nitrogens with zero attached hydrogens (tertiary/aromatic N) is 1. The van der Waals surface area contributed by atoms with E-state index in [1.807, 2.05) is 0 Å². The molecule has 0 aliphatic carbocycles. The Morgan fingerprint density at radius 1 is 1.04 bits per heavy atom. The highest BCUT2D eigenvalue weighted by molar-refractivity contribution is 5.62. The van der Waals surface area contributed by atoms with Crippen LogP contribution in [0.5, 0.6) is 0 Å². The van der Waals surface area contributed by atoms with E-state index in [1.54, 1.807) is 0 Å². The summed E-state index contributed by atoms with van der Waals surface area (Å²) in [7, 11) is 2.15. The molecule has 0 spiro atoms. The summed E-state index contributed by atoms with van der Waals surface area (Å²) in [6.45, 7) is 13.1. The summed E-state index contributed by atoms with van der Waals surface area (Å²) in [5.74, 6) is 0. The highest BCUT2D eigenvalue weighted by Crippen LogP contribution is 2.36. The lowest BCUT2D eigenvalue weighted by atomic mass is 9.75. The zero-order valence-electron chi connectivity index (χ0n) is 16.6. The lowest BCUT2D eigenvalue weighted by molar-refractivity contribution is -0.661. The normalized spacial score (nSPS) is 17.5. The molecule has 0 unspecified atom stereocenters. The van der Waals surface area contributed by atoms with Crippen LogP contribution < -0.4 is 4.57 Å². The second kappa shape index (κ2) is 6.57. The van der Waals surface area contributed by atoms with Gasteiger partial charge in [-0.05, 0) is 53.9 Å². The van der Waals surface area contributed by atoms with E-state index < -0.39 is 0 Å². The van der Waals surface area contributed by atoms with Crippen molar-refractivity contribution in [3.05, 3.63) is 53.2 Å². The summed E-state index contributed by atoms with van der Waals surface area (Å²) in [6, 6.07) is 11.5. The minimum absolute atomic E-state index is 0.173. The van der Waals surface area contributed by atoms with Crippen LogP contribution >= 0.6 is 0 Å². The van der Waals surface area contributed by atoms with E-state index in [-0.39, 0.29) is 10.8 Å². The number of rotatable bonds is 2. The second-order valence-electron chi connectivity index (χ2n) is 8.87. The highest BCUT2D eigenvalue weighted by Gasteiger charge is 2.30. The first-order valence-electron chi connectivity index (χ1n) is 9.40. The van der Waals surface area contributed by atoms with Gasteiger partial charge in [-0.15, -0.1) is 0 Å². The third-order valence-corrected chi connectivity index (χ3v) is 5.80. The zero-order chi connectivity index (χ0) is 18.2. The summed E-state index contributed by atoms with van der Waals surface area (Å²) in [4.78, 5) is 0. The quantitative estimate of drug-likeness (QED) is 0.713. The number of pyridine rings is 1. The SMILES string of the molecule is Cc1cc(C2(C)CCOCC2)ccc1-c1ccc(C(C)(C)C)c[n+]1C. The number of benzene rings is 1. The van der Waals surface area contributed by atoms with Gasteiger partial charge in [0.2, 0.25) is 5.69 Å². The standard InChI is InChI=1S/C23H32NO/c1-17-15-18(23(5)11-13-25-14-12-23)7-9-20(17)21-10-8-19(16-24(21)6)22(2,3)4/h7-10,15-16H,11-14H2,1-6H3/q+1. The van der Waals surface area contributed by atoms with Crippen LogP contribution in [0.3, 0.4) is 0 Å². The van der Waals surface area contributed by atoms with Crippen LogP contribution in [0, 0.1) is 6.92 Å². The van der Waals surface area contributed by atoms with Crippen molar-refractivity contribution in [3.8, 4) is 11.3 Å². The van der Waals surface area contributed by atoms with Gasteiger partial charge in [0.05, 0.1) is 0 Å². The van der Waals surface area contributed by atoms with E-state index in [2.05, 4.69) is 82.8 Å². The lowest BCUT2D eigenvalue weighted by Crippen LogP contribution is -2.33. The molecule has 0 amide bonds. The van der Waals surface area contributed by atoms with E-state index in [1.165, 1.54) is 27.9 Å². The average molecular weight is 339 g/mol. The first-order chi connectivity index (χ1) is 11.7. The van der Waals surface area contributed by atoms with E-state index >= 15 is 0 Å². The number of hydrogen-bond acceptors (Lipinski definition) is 1. The van der Waals surface area contributed by atoms with E-state index in [0.29, 0.717) is 0 Å². The van der Waals surface area contributed by atoms with Crippen molar-refractivity contribution in [2.45, 2.75) is 58.3 Å². The molecule has 1 saturated heterocycles. The van der Waals surface area contributed by atoms with Crippen LogP contribution in [0.1, 0.15) is 57.2 Å². The number of aromatic nitrogens is 1. The van der Waals surface area contributed by atoms with Gasteiger partial charge in [0.15, 0.2) is 6.20 Å². The maximum atomic E-state index is 5.56. The van der Waals surface area contributed by atoms with Gasteiger partial charge in [-0.3, -0.25) is 0 Å². The molecule has 1 aromatic carbocycles. The molecule has 1 aliphatic heterocycles. The second-order valence-corrected chi connectivity index (χ2v) is 8.87. The fourth-order valence-electron chi connectivity index (χ4n) is 3.77. The molecule has 1 fully saturated rings. The molecule has 0 N–H and O–H groups in total. The maximum Gasteiger partial charge on any atom is 0.212 e. The molecule has 134 valence electrons. The monoisotopic (exact) mass is 338 g/mol. The Balaban J connectivity index is 1.96. The van der Waals surface area contributed by atoms with E-state index in [9.17, 15) is 0 Å². The van der Waals surface area contributed by atoms with E-state index in [0.717, 1.165) is 26.1 Å². The first-order valence-corrected chi connectivity index (χ1v) is 9.40. The Bertz CT molecular complexity index is 764. The van der Waals surface area contributed by atoms with Crippen molar-refractivity contribution in [1.82, 2.24) is 0 Å². The molecule has 2 nitrogen and oxygen atoms in total. The first kappa shape index (κ1) is 18.1. The lowest BCUT2D eigenvalue weighted by Gasteiger charge is -2.34. The van der Waals surface area contributed by atoms with Gasteiger partial charge >= 0.3 is 0 Å². The Labute approximate surface area is 152 Å². The van der Waals surface area contributed by atoms with E-state index in [4.69, 9.17) is 4.74 Å². The van der Waals surface area contributed by atoms with Gasteiger partial charge in [0, 0.05) is 30.4 Å². The van der Waals surface area contributed by atoms with Crippen LogP contribution in [-0.4, -0.2) is 13.2 Å². The molecule has 2 heteroatoms. The van der Waals surface area contributed by atoms with Crippen LogP contribution in [0.25, 0.3) is 11.3 Å². The van der Waals surface area contributed by atoms with Crippen LogP contribution in [0.4, 0.5) is 0 Å². The summed E-state index contributed by atoms with van der Waals surface area (Å²) in [5, 5.41) is 0. The summed E-state index contributed by atoms with van der Waals surface area (Å²) in [6.07, 6.45) is 4.49. The number of hydrogen-bond donors (Lipinski definition) is 0. The Morgan fingerprint density at radius 2 is 1.72 bits per heavy atom. The highest BCUT2D eigenvalue weighted by atomic mass is 16.5. The molecule has 2 heterocycles. The molecule has 1 aliphatic rings. The molecular weight excluding hydrogens is 306 g/mol. The van der Waals surface area contributed by atoms with Gasteiger partial charge in [-0.1, -0.05) is 39.8 Å². The third-order valence-electron chi connectivity index (χ3n) is 5.80. The minimum atomic E-state index is 0.173. The van der Waals surface area contributed by atoms with Gasteiger partial charge in [-0.25, -0.2) is 4.57 Å². The van der Waals surface area contributed by atoms with Crippen molar-refractivity contribution in [2.24, 2.45) is 7.05 Å². The zero-order valence-corrected chi connectivity index (χ0v) is 16.6. The van der Waals surface area contributed by atoms with Crippen LogP contribution in [0.2, 0.25) is 0 Å². The molecule has 0 atom stereocenters. The predicted octanol–water partition coefficient (Wildman–Crippen LogP) is 4.85. The Kier molecular flexibility index (Phi) is 4.76. The van der Waals surface area contributed by atoms with Gasteiger partial charge < -0.3 is 4.74 Å². The maximum absolute atomic E-state index is 5.56. The van der Waals surface area contributed by atoms with Gasteiger partial charge in [0.25, 0.3) is 0 Å². The Hall–Kier alpha value is -1.67. The largest absolute Gasteiger partial charge is 0.381 e. The van der Waals surface area contributed by atoms with Crippen LogP contribution in [-0.2, 0) is 22.6 Å². The fraction of sp³-hybridized carbons (Fsp3) is 0.522. The predicted molar refractivity (Wildman–Crippen MR) is 104 cm³/mol. The summed E-state index contributed by atoms with van der Waals surface area (Å²) in [5.41, 5.74) is 7.18. The average Bonchev–Trinajstić information content (AvgIpc) is 2.55. The fourth-order valence-corrected chi connectivity index (χ4v) is 3.77. The Morgan fingerprint density at radius 3 is 2.28 bits per heavy atom. The summed E-state index contributed by atoms with van der Waals surface area (Å²) >= 11 is 0. The molecule has 25 heavy (non-hydrogen) atoms. The molecule has 1 aromatic heterocycles. The van der Waals surface area contributed by atoms with Crippen molar-refractivity contribution >= 4 is 0 Å². The number of aryl methyl sites for hydroxylation is 2. The van der Waals surface area contributed by atoms with Crippen molar-refractivity contribution < 1.29 is 9.30 Å². The molecule has 0 saturated carbocycles.